The van der Waals surface area contributed by atoms with Gasteiger partial charge in [-0.2, -0.15) is 18.3 Å². The van der Waals surface area contributed by atoms with Crippen molar-refractivity contribution in [2.45, 2.75) is 24.9 Å². The highest BCUT2D eigenvalue weighted by Gasteiger charge is 2.43. The lowest BCUT2D eigenvalue weighted by molar-refractivity contribution is -0.219. The molecule has 0 spiro atoms. The predicted octanol–water partition coefficient (Wildman–Crippen LogP) is 4.41. The number of carbonyl (C=O) groups is 1. The fourth-order valence-corrected chi connectivity index (χ4v) is 4.46. The van der Waals surface area contributed by atoms with Crippen LogP contribution in [0.2, 0.25) is 0 Å². The van der Waals surface area contributed by atoms with E-state index in [4.69, 9.17) is 0 Å². The van der Waals surface area contributed by atoms with Crippen LogP contribution in [-0.4, -0.2) is 51.8 Å². The van der Waals surface area contributed by atoms with Gasteiger partial charge in [0.1, 0.15) is 18.0 Å². The van der Waals surface area contributed by atoms with Gasteiger partial charge >= 0.3 is 12.1 Å². The molecule has 0 unspecified atom stereocenters. The van der Waals surface area contributed by atoms with Gasteiger partial charge in [-0.25, -0.2) is 27.9 Å². The second-order valence-corrected chi connectivity index (χ2v) is 10.2. The van der Waals surface area contributed by atoms with E-state index in [2.05, 4.69) is 30.5 Å². The van der Waals surface area contributed by atoms with Crippen LogP contribution in [0.5, 0.6) is 0 Å². The maximum Gasteiger partial charge on any atom is 0.492 e. The number of aryl methyl sites for hydroxylation is 2. The summed E-state index contributed by atoms with van der Waals surface area (Å²) < 4.78 is 64.3. The number of hydrogen-bond donors (Lipinski definition) is 2. The van der Waals surface area contributed by atoms with Gasteiger partial charge in [-0.1, -0.05) is 6.07 Å². The predicted molar refractivity (Wildman–Crippen MR) is 135 cm³/mol. The van der Waals surface area contributed by atoms with Crippen LogP contribution < -0.4 is 10.6 Å². The standard InChI is InChI=1S/C24H22F3N7O4S/c1-15-11-16(2)34(32-15)19-9-7-17(8-10-19)30-21-13-22(29-14-28-21)31-18-5-4-6-20(12-18)39(36,37)33(3)38-23(35)24(25,26)27/h4-14H,1-3H3,(H2,28,29,30,31). The zero-order valence-electron chi connectivity index (χ0n) is 20.8. The van der Waals surface area contributed by atoms with Crippen molar-refractivity contribution in [1.82, 2.24) is 24.2 Å². The maximum atomic E-state index is 12.6. The van der Waals surface area contributed by atoms with E-state index in [0.29, 0.717) is 18.7 Å². The Hall–Kier alpha value is -4.50. The van der Waals surface area contributed by atoms with Crippen molar-refractivity contribution < 1.29 is 31.2 Å². The Kier molecular flexibility index (Phi) is 7.56. The van der Waals surface area contributed by atoms with Crippen LogP contribution in [0, 0.1) is 13.8 Å². The van der Waals surface area contributed by atoms with Gasteiger partial charge in [-0.15, -0.1) is 0 Å². The van der Waals surface area contributed by atoms with E-state index < -0.39 is 27.1 Å². The minimum atomic E-state index is -5.36. The lowest BCUT2D eigenvalue weighted by Gasteiger charge is -2.17. The Bertz CT molecular complexity index is 1610. The van der Waals surface area contributed by atoms with Gasteiger partial charge < -0.3 is 15.5 Å². The largest absolute Gasteiger partial charge is 0.492 e. The van der Waals surface area contributed by atoms with E-state index >= 15 is 0 Å². The van der Waals surface area contributed by atoms with Crippen molar-refractivity contribution in [3.63, 3.8) is 0 Å². The molecule has 0 aliphatic carbocycles. The number of sulfonamides is 1. The summed E-state index contributed by atoms with van der Waals surface area (Å²) in [6.07, 6.45) is -4.06. The highest BCUT2D eigenvalue weighted by Crippen LogP contribution is 2.25. The maximum absolute atomic E-state index is 12.6. The molecule has 0 fully saturated rings. The van der Waals surface area contributed by atoms with Gasteiger partial charge in [0.25, 0.3) is 10.0 Å². The summed E-state index contributed by atoms with van der Waals surface area (Å²) in [5.74, 6) is -1.92. The summed E-state index contributed by atoms with van der Waals surface area (Å²) >= 11 is 0. The third-order valence-corrected chi connectivity index (χ3v) is 6.85. The molecule has 11 nitrogen and oxygen atoms in total. The van der Waals surface area contributed by atoms with Gasteiger partial charge in [0, 0.05) is 30.2 Å². The zero-order valence-corrected chi connectivity index (χ0v) is 21.6. The Labute approximate surface area is 221 Å². The van der Waals surface area contributed by atoms with Crippen molar-refractivity contribution in [3.8, 4) is 5.69 Å². The van der Waals surface area contributed by atoms with Crippen molar-refractivity contribution in [2.75, 3.05) is 17.7 Å². The van der Waals surface area contributed by atoms with Crippen molar-refractivity contribution in [3.05, 3.63) is 78.4 Å². The molecule has 4 aromatic rings. The van der Waals surface area contributed by atoms with Crippen LogP contribution >= 0.6 is 0 Å². The first-order valence-electron chi connectivity index (χ1n) is 11.2. The molecule has 4 rings (SSSR count). The number of rotatable bonds is 8. The molecule has 204 valence electrons. The lowest BCUT2D eigenvalue weighted by Crippen LogP contribution is -2.36. The quantitative estimate of drug-likeness (QED) is 0.300. The molecule has 2 heterocycles. The van der Waals surface area contributed by atoms with Crippen molar-refractivity contribution in [1.29, 1.82) is 0 Å². The van der Waals surface area contributed by atoms with E-state index in [1.54, 1.807) is 6.07 Å². The van der Waals surface area contributed by atoms with Crippen LogP contribution in [0.15, 0.2) is 71.9 Å². The van der Waals surface area contributed by atoms with E-state index in [9.17, 15) is 26.4 Å². The van der Waals surface area contributed by atoms with E-state index in [1.165, 1.54) is 18.5 Å². The zero-order chi connectivity index (χ0) is 28.4. The molecule has 2 N–H and O–H groups in total. The number of alkyl halides is 3. The third-order valence-electron chi connectivity index (χ3n) is 5.25. The molecule has 2 aromatic carbocycles. The molecule has 39 heavy (non-hydrogen) atoms. The molecule has 0 atom stereocenters. The summed E-state index contributed by atoms with van der Waals surface area (Å²) in [7, 11) is -3.90. The summed E-state index contributed by atoms with van der Waals surface area (Å²) in [6, 6.07) is 16.2. The van der Waals surface area contributed by atoms with Crippen molar-refractivity contribution in [2.24, 2.45) is 0 Å². The Balaban J connectivity index is 1.46. The molecular formula is C24H22F3N7O4S. The lowest BCUT2D eigenvalue weighted by atomic mass is 10.2. The highest BCUT2D eigenvalue weighted by molar-refractivity contribution is 7.89. The highest BCUT2D eigenvalue weighted by atomic mass is 32.2. The first-order chi connectivity index (χ1) is 18.3. The van der Waals surface area contributed by atoms with Gasteiger partial charge in [-0.3, -0.25) is 0 Å². The molecule has 0 bridgehead atoms. The number of anilines is 4. The van der Waals surface area contributed by atoms with Crippen LogP contribution in [0.1, 0.15) is 11.4 Å². The number of nitrogens with zero attached hydrogens (tertiary/aromatic N) is 5. The number of benzene rings is 2. The molecule has 0 saturated carbocycles. The van der Waals surface area contributed by atoms with Gasteiger partial charge in [0.15, 0.2) is 0 Å². The minimum Gasteiger partial charge on any atom is -0.345 e. The number of carbonyl (C=O) groups excluding carboxylic acids is 1. The Morgan fingerprint density at radius 1 is 0.949 bits per heavy atom. The number of halogens is 3. The first-order valence-corrected chi connectivity index (χ1v) is 12.6. The smallest absolute Gasteiger partial charge is 0.345 e. The van der Waals surface area contributed by atoms with E-state index in [1.807, 2.05) is 48.9 Å². The number of nitrogens with one attached hydrogen (secondary N) is 2. The van der Waals surface area contributed by atoms with Crippen LogP contribution in [0.25, 0.3) is 5.69 Å². The van der Waals surface area contributed by atoms with Crippen LogP contribution in [0.4, 0.5) is 36.2 Å². The van der Waals surface area contributed by atoms with Gasteiger partial charge in [-0.05, 0) is 66.8 Å². The second-order valence-electron chi connectivity index (χ2n) is 8.24. The van der Waals surface area contributed by atoms with E-state index in [-0.39, 0.29) is 10.2 Å². The average molecular weight is 562 g/mol. The normalized spacial score (nSPS) is 11.9. The summed E-state index contributed by atoms with van der Waals surface area (Å²) in [5.41, 5.74) is 3.81. The molecular weight excluding hydrogens is 539 g/mol. The molecule has 0 aliphatic heterocycles. The van der Waals surface area contributed by atoms with E-state index in [0.717, 1.165) is 34.9 Å². The molecule has 0 radical (unpaired) electrons. The second kappa shape index (κ2) is 10.7. The van der Waals surface area contributed by atoms with Crippen LogP contribution in [-0.2, 0) is 19.7 Å². The van der Waals surface area contributed by atoms with Gasteiger partial charge in [0.2, 0.25) is 0 Å². The summed E-state index contributed by atoms with van der Waals surface area (Å²) in [4.78, 5) is 22.8. The van der Waals surface area contributed by atoms with Crippen molar-refractivity contribution >= 4 is 39.0 Å². The Morgan fingerprint density at radius 2 is 1.59 bits per heavy atom. The molecule has 0 amide bonds. The van der Waals surface area contributed by atoms with Crippen LogP contribution in [0.3, 0.4) is 0 Å². The third kappa shape index (κ3) is 6.50. The van der Waals surface area contributed by atoms with Gasteiger partial charge in [0.05, 0.1) is 16.3 Å². The molecule has 0 saturated heterocycles. The number of aromatic nitrogens is 4. The summed E-state index contributed by atoms with van der Waals surface area (Å²) in [6.45, 7) is 3.89. The fraction of sp³-hybridized carbons (Fsp3) is 0.167. The molecule has 0 aliphatic rings. The molecule has 2 aromatic heterocycles. The number of hydroxylamine groups is 1. The monoisotopic (exact) mass is 561 g/mol. The number of hydrogen-bond acceptors (Lipinski definition) is 9. The average Bonchev–Trinajstić information content (AvgIpc) is 3.22. The first kappa shape index (κ1) is 27.5. The SMILES string of the molecule is Cc1cc(C)n(-c2ccc(Nc3cc(Nc4cccc(S(=O)(=O)N(C)OC(=O)C(F)(F)F)c4)ncn3)cc2)n1. The minimum absolute atomic E-state index is 0.144. The summed E-state index contributed by atoms with van der Waals surface area (Å²) in [5, 5.41) is 10.5. The molecule has 15 heteroatoms. The fourth-order valence-electron chi connectivity index (χ4n) is 3.47. The topological polar surface area (TPSA) is 131 Å². The Morgan fingerprint density at radius 3 is 2.18 bits per heavy atom.